The molecular weight excluding hydrogens is 354 g/mol. The van der Waals surface area contributed by atoms with Gasteiger partial charge in [0.15, 0.2) is 6.04 Å². The third kappa shape index (κ3) is 3.22. The first-order valence-corrected chi connectivity index (χ1v) is 9.50. The zero-order chi connectivity index (χ0) is 19.8. The van der Waals surface area contributed by atoms with Gasteiger partial charge in [-0.15, -0.1) is 0 Å². The summed E-state index contributed by atoms with van der Waals surface area (Å²) in [6.07, 6.45) is 0.635. The highest BCUT2D eigenvalue weighted by Crippen LogP contribution is 2.23. The Balaban J connectivity index is 1.78. The van der Waals surface area contributed by atoms with E-state index in [1.165, 1.54) is 18.2 Å². The van der Waals surface area contributed by atoms with Crippen molar-refractivity contribution in [2.75, 3.05) is 7.11 Å². The highest BCUT2D eigenvalue weighted by Gasteiger charge is 2.36. The number of methoxy groups -OCH3 is 1. The second-order valence-electron chi connectivity index (χ2n) is 7.54. The van der Waals surface area contributed by atoms with Crippen molar-refractivity contribution in [1.29, 1.82) is 0 Å². The molecule has 1 aromatic heterocycles. The van der Waals surface area contributed by atoms with Crippen LogP contribution in [-0.4, -0.2) is 19.1 Å². The Morgan fingerprint density at radius 2 is 1.93 bits per heavy atom. The molecular formula is C23H24NO4+. The van der Waals surface area contributed by atoms with Crippen LogP contribution in [0.2, 0.25) is 0 Å². The first-order valence-electron chi connectivity index (χ1n) is 9.50. The molecule has 2 heterocycles. The number of aryl methyl sites for hydroxylation is 2. The normalized spacial score (nSPS) is 18.7. The third-order valence-corrected chi connectivity index (χ3v) is 5.87. The number of benzene rings is 2. The molecule has 4 rings (SSSR count). The lowest BCUT2D eigenvalue weighted by atomic mass is 9.93. The molecule has 0 radical (unpaired) electrons. The van der Waals surface area contributed by atoms with E-state index >= 15 is 0 Å². The van der Waals surface area contributed by atoms with Crippen LogP contribution in [0.25, 0.3) is 11.0 Å². The van der Waals surface area contributed by atoms with Crippen LogP contribution in [-0.2, 0) is 29.0 Å². The molecule has 3 aromatic rings. The van der Waals surface area contributed by atoms with Gasteiger partial charge in [0.2, 0.25) is 0 Å². The first kappa shape index (κ1) is 18.4. The Kier molecular flexibility index (Phi) is 4.77. The molecule has 5 nitrogen and oxygen atoms in total. The fraction of sp³-hybridized carbons (Fsp3) is 0.304. The average Bonchev–Trinajstić information content (AvgIpc) is 2.70. The molecule has 2 aromatic carbocycles. The van der Waals surface area contributed by atoms with Gasteiger partial charge in [-0.2, -0.15) is 0 Å². The lowest BCUT2D eigenvalue weighted by Gasteiger charge is -2.32. The first-order chi connectivity index (χ1) is 13.5. The molecule has 144 valence electrons. The van der Waals surface area contributed by atoms with Crippen molar-refractivity contribution in [1.82, 2.24) is 0 Å². The summed E-state index contributed by atoms with van der Waals surface area (Å²) in [7, 11) is 1.43. The molecule has 1 aliphatic rings. The number of carbonyl (C=O) groups excluding carboxylic acids is 1. The number of rotatable bonds is 3. The maximum Gasteiger partial charge on any atom is 0.365 e. The largest absolute Gasteiger partial charge is 0.465 e. The Morgan fingerprint density at radius 3 is 2.68 bits per heavy atom. The number of ether oxygens (including phenoxy) is 1. The Bertz CT molecular complexity index is 1120. The summed E-state index contributed by atoms with van der Waals surface area (Å²) in [5, 5.41) is 0.928. The van der Waals surface area contributed by atoms with Gasteiger partial charge in [-0.05, 0) is 30.5 Å². The highest BCUT2D eigenvalue weighted by atomic mass is 16.5. The standard InChI is InChI=1S/C23H23NO4/c1-14-8-9-19-18(11-21(25)28-22(19)15(14)2)13-24-12-17-7-5-4-6-16(17)10-20(24)23(26)27-3/h4-9,11,20H,10,12-13H2,1-3H3/p+1/t20-/m0/s1. The molecule has 1 aliphatic heterocycles. The molecule has 5 heteroatoms. The summed E-state index contributed by atoms with van der Waals surface area (Å²) in [6, 6.07) is 13.5. The van der Waals surface area contributed by atoms with Crippen LogP contribution in [0, 0.1) is 13.8 Å². The Hall–Kier alpha value is -2.92. The fourth-order valence-corrected chi connectivity index (χ4v) is 4.15. The molecule has 0 bridgehead atoms. The summed E-state index contributed by atoms with van der Waals surface area (Å²) in [6.45, 7) is 5.23. The summed E-state index contributed by atoms with van der Waals surface area (Å²) < 4.78 is 10.6. The second-order valence-corrected chi connectivity index (χ2v) is 7.54. The van der Waals surface area contributed by atoms with E-state index in [-0.39, 0.29) is 17.6 Å². The zero-order valence-corrected chi connectivity index (χ0v) is 16.4. The van der Waals surface area contributed by atoms with Gasteiger partial charge in [-0.3, -0.25) is 0 Å². The number of hydrogen-bond acceptors (Lipinski definition) is 4. The molecule has 0 saturated carbocycles. The predicted molar refractivity (Wildman–Crippen MR) is 106 cm³/mol. The highest BCUT2D eigenvalue weighted by molar-refractivity contribution is 5.83. The smallest absolute Gasteiger partial charge is 0.365 e. The fourth-order valence-electron chi connectivity index (χ4n) is 4.15. The predicted octanol–water partition coefficient (Wildman–Crippen LogP) is 2.09. The molecule has 28 heavy (non-hydrogen) atoms. The average molecular weight is 378 g/mol. The lowest BCUT2D eigenvalue weighted by Crippen LogP contribution is -3.15. The SMILES string of the molecule is COC(=O)[C@@H]1Cc2ccccc2C[NH+]1Cc1cc(=O)oc2c(C)c(C)ccc12. The minimum Gasteiger partial charge on any atom is -0.465 e. The van der Waals surface area contributed by atoms with Crippen LogP contribution in [0.5, 0.6) is 0 Å². The molecule has 0 amide bonds. The van der Waals surface area contributed by atoms with Crippen LogP contribution >= 0.6 is 0 Å². The molecule has 0 spiro atoms. The minimum absolute atomic E-state index is 0.219. The van der Waals surface area contributed by atoms with E-state index in [1.807, 2.05) is 38.1 Å². The molecule has 1 N–H and O–H groups in total. The van der Waals surface area contributed by atoms with E-state index in [2.05, 4.69) is 12.1 Å². The maximum absolute atomic E-state index is 12.5. The van der Waals surface area contributed by atoms with Crippen LogP contribution in [0.4, 0.5) is 0 Å². The van der Waals surface area contributed by atoms with Gasteiger partial charge >= 0.3 is 11.6 Å². The zero-order valence-electron chi connectivity index (χ0n) is 16.4. The van der Waals surface area contributed by atoms with Crippen molar-refractivity contribution in [3.8, 4) is 0 Å². The van der Waals surface area contributed by atoms with E-state index in [4.69, 9.17) is 9.15 Å². The van der Waals surface area contributed by atoms with Gasteiger partial charge in [0, 0.05) is 29.0 Å². The van der Waals surface area contributed by atoms with Gasteiger partial charge < -0.3 is 14.1 Å². The number of quaternary nitrogens is 1. The minimum atomic E-state index is -0.359. The van der Waals surface area contributed by atoms with E-state index in [1.54, 1.807) is 6.07 Å². The van der Waals surface area contributed by atoms with Crippen LogP contribution in [0.15, 0.2) is 51.7 Å². The molecule has 2 atom stereocenters. The van der Waals surface area contributed by atoms with Crippen molar-refractivity contribution >= 4 is 16.9 Å². The van der Waals surface area contributed by atoms with Crippen molar-refractivity contribution < 1.29 is 18.8 Å². The van der Waals surface area contributed by atoms with Crippen LogP contribution in [0.3, 0.4) is 0 Å². The van der Waals surface area contributed by atoms with Crippen molar-refractivity contribution in [3.63, 3.8) is 0 Å². The van der Waals surface area contributed by atoms with Gasteiger partial charge in [0.1, 0.15) is 18.7 Å². The Morgan fingerprint density at radius 1 is 1.18 bits per heavy atom. The van der Waals surface area contributed by atoms with E-state index in [0.29, 0.717) is 25.1 Å². The second kappa shape index (κ2) is 7.24. The summed E-state index contributed by atoms with van der Waals surface area (Å²) in [5.41, 5.74) is 5.65. The third-order valence-electron chi connectivity index (χ3n) is 5.87. The summed E-state index contributed by atoms with van der Waals surface area (Å²) in [4.78, 5) is 25.8. The van der Waals surface area contributed by atoms with Gasteiger partial charge in [-0.1, -0.05) is 36.4 Å². The number of nitrogens with one attached hydrogen (secondary N) is 1. The topological polar surface area (TPSA) is 61.0 Å². The van der Waals surface area contributed by atoms with E-state index < -0.39 is 0 Å². The number of carbonyl (C=O) groups is 1. The molecule has 0 saturated heterocycles. The van der Waals surface area contributed by atoms with Crippen LogP contribution < -0.4 is 10.5 Å². The molecule has 1 unspecified atom stereocenters. The number of fused-ring (bicyclic) bond motifs is 2. The van der Waals surface area contributed by atoms with E-state index in [0.717, 1.165) is 27.0 Å². The lowest BCUT2D eigenvalue weighted by molar-refractivity contribution is -0.945. The molecule has 0 fully saturated rings. The van der Waals surface area contributed by atoms with Gasteiger partial charge in [-0.25, -0.2) is 9.59 Å². The Labute approximate surface area is 163 Å². The van der Waals surface area contributed by atoms with Gasteiger partial charge in [0.05, 0.1) is 7.11 Å². The van der Waals surface area contributed by atoms with Crippen molar-refractivity contribution in [2.45, 2.75) is 39.4 Å². The number of esters is 1. The van der Waals surface area contributed by atoms with Crippen molar-refractivity contribution in [2.24, 2.45) is 0 Å². The molecule has 0 aliphatic carbocycles. The van der Waals surface area contributed by atoms with E-state index in [9.17, 15) is 9.59 Å². The number of hydrogen-bond donors (Lipinski definition) is 1. The quantitative estimate of drug-likeness (QED) is 0.560. The maximum atomic E-state index is 12.5. The van der Waals surface area contributed by atoms with Crippen molar-refractivity contribution in [3.05, 3.63) is 80.7 Å². The summed E-state index contributed by atoms with van der Waals surface area (Å²) in [5.74, 6) is -0.219. The monoisotopic (exact) mass is 378 g/mol. The van der Waals surface area contributed by atoms with Gasteiger partial charge in [0.25, 0.3) is 0 Å². The van der Waals surface area contributed by atoms with Crippen LogP contribution in [0.1, 0.15) is 27.8 Å². The summed E-state index contributed by atoms with van der Waals surface area (Å²) >= 11 is 0.